The number of methoxy groups -OCH3 is 1. The van der Waals surface area contributed by atoms with Gasteiger partial charge in [0.1, 0.15) is 11.5 Å². The minimum absolute atomic E-state index is 0.257. The Balaban J connectivity index is 2.15. The second kappa shape index (κ2) is 8.71. The first-order valence-corrected chi connectivity index (χ1v) is 9.04. The monoisotopic (exact) mass is 369 g/mol. The predicted octanol–water partition coefficient (Wildman–Crippen LogP) is 5.36. The molecule has 0 aliphatic carbocycles. The highest BCUT2D eigenvalue weighted by Gasteiger charge is 2.17. The smallest absolute Gasteiger partial charge is 0.337 e. The summed E-state index contributed by atoms with van der Waals surface area (Å²) in [4.78, 5) is 23.8. The van der Waals surface area contributed by atoms with E-state index >= 15 is 0 Å². The Morgan fingerprint density at radius 3 is 2.19 bits per heavy atom. The minimum atomic E-state index is -0.414. The summed E-state index contributed by atoms with van der Waals surface area (Å²) in [6, 6.07) is 8.55. The number of rotatable bonds is 6. The number of hydrogen-bond donors (Lipinski definition) is 1. The summed E-state index contributed by atoms with van der Waals surface area (Å²) in [6.45, 7) is 10.3. The molecule has 0 atom stereocenters. The number of carbonyl (C=O) groups is 2. The van der Waals surface area contributed by atoms with E-state index in [0.29, 0.717) is 22.9 Å². The van der Waals surface area contributed by atoms with Gasteiger partial charge in [-0.2, -0.15) is 0 Å². The molecule has 0 saturated carbocycles. The number of ether oxygens (including phenoxy) is 1. The van der Waals surface area contributed by atoms with Crippen molar-refractivity contribution in [2.45, 2.75) is 46.5 Å². The summed E-state index contributed by atoms with van der Waals surface area (Å²) >= 11 is 0. The molecule has 5 nitrogen and oxygen atoms in total. The van der Waals surface area contributed by atoms with E-state index in [-0.39, 0.29) is 11.8 Å². The second-order valence-electron chi connectivity index (χ2n) is 7.13. The molecule has 2 rings (SSSR count). The molecule has 1 heterocycles. The summed E-state index contributed by atoms with van der Waals surface area (Å²) in [7, 11) is 1.33. The highest BCUT2D eigenvalue weighted by atomic mass is 16.5. The maximum absolute atomic E-state index is 12.3. The normalized spacial score (nSPS) is 11.8. The number of anilines is 1. The van der Waals surface area contributed by atoms with Crippen LogP contribution in [0.1, 0.15) is 73.9 Å². The van der Waals surface area contributed by atoms with Gasteiger partial charge in [0.15, 0.2) is 0 Å². The first-order valence-electron chi connectivity index (χ1n) is 9.04. The third-order valence-corrected chi connectivity index (χ3v) is 4.25. The van der Waals surface area contributed by atoms with Crippen LogP contribution in [0.3, 0.4) is 0 Å². The van der Waals surface area contributed by atoms with Crippen LogP contribution in [0.25, 0.3) is 5.57 Å². The first kappa shape index (κ1) is 20.5. The van der Waals surface area contributed by atoms with Crippen LogP contribution in [0.4, 0.5) is 5.69 Å². The van der Waals surface area contributed by atoms with Crippen molar-refractivity contribution < 1.29 is 18.7 Å². The standard InChI is InChI=1S/C22H27NO4/c1-13(2)18-12-19(27-21(18)14(3)4)15(5)11-20(24)23-17-9-7-16(8-10-17)22(25)26-6/h7-14H,1-6H3,(H,23,24)/b15-11-. The van der Waals surface area contributed by atoms with Crippen LogP contribution < -0.4 is 5.32 Å². The number of allylic oxidation sites excluding steroid dienone is 1. The second-order valence-corrected chi connectivity index (χ2v) is 7.13. The Labute approximate surface area is 160 Å². The number of furan rings is 1. The van der Waals surface area contributed by atoms with Gasteiger partial charge in [-0.25, -0.2) is 4.79 Å². The van der Waals surface area contributed by atoms with Gasteiger partial charge in [-0.15, -0.1) is 0 Å². The summed E-state index contributed by atoms with van der Waals surface area (Å²) in [6.07, 6.45) is 1.52. The molecule has 1 amide bonds. The van der Waals surface area contributed by atoms with Gasteiger partial charge >= 0.3 is 5.97 Å². The van der Waals surface area contributed by atoms with Crippen LogP contribution in [0.5, 0.6) is 0 Å². The average molecular weight is 369 g/mol. The zero-order chi connectivity index (χ0) is 20.1. The number of hydrogen-bond acceptors (Lipinski definition) is 4. The van der Waals surface area contributed by atoms with Crippen molar-refractivity contribution in [1.29, 1.82) is 0 Å². The summed E-state index contributed by atoms with van der Waals surface area (Å²) < 4.78 is 10.7. The molecule has 27 heavy (non-hydrogen) atoms. The lowest BCUT2D eigenvalue weighted by atomic mass is 9.98. The fraction of sp³-hybridized carbons (Fsp3) is 0.364. The van der Waals surface area contributed by atoms with Crippen LogP contribution in [-0.4, -0.2) is 19.0 Å². The van der Waals surface area contributed by atoms with Crippen LogP contribution in [0.15, 0.2) is 40.8 Å². The highest BCUT2D eigenvalue weighted by molar-refractivity contribution is 6.03. The van der Waals surface area contributed by atoms with Crippen molar-refractivity contribution in [2.24, 2.45) is 0 Å². The molecule has 1 aromatic heterocycles. The molecular formula is C22H27NO4. The lowest BCUT2D eigenvalue weighted by Crippen LogP contribution is -2.09. The van der Waals surface area contributed by atoms with Crippen molar-refractivity contribution in [3.8, 4) is 0 Å². The van der Waals surface area contributed by atoms with Gasteiger partial charge in [0, 0.05) is 17.7 Å². The van der Waals surface area contributed by atoms with Crippen molar-refractivity contribution in [2.75, 3.05) is 12.4 Å². The molecule has 0 spiro atoms. The van der Waals surface area contributed by atoms with Gasteiger partial charge in [0.05, 0.1) is 12.7 Å². The molecule has 0 radical (unpaired) electrons. The summed E-state index contributed by atoms with van der Waals surface area (Å²) in [5, 5.41) is 2.78. The van der Waals surface area contributed by atoms with E-state index in [0.717, 1.165) is 11.3 Å². The van der Waals surface area contributed by atoms with Gasteiger partial charge < -0.3 is 14.5 Å². The number of carbonyl (C=O) groups excluding carboxylic acids is 2. The maximum atomic E-state index is 12.3. The Morgan fingerprint density at radius 1 is 1.07 bits per heavy atom. The molecule has 5 heteroatoms. The molecule has 0 aliphatic rings. The molecule has 1 aromatic carbocycles. The van der Waals surface area contributed by atoms with E-state index in [9.17, 15) is 9.59 Å². The van der Waals surface area contributed by atoms with Gasteiger partial charge in [-0.1, -0.05) is 27.7 Å². The van der Waals surface area contributed by atoms with Crippen molar-refractivity contribution >= 4 is 23.1 Å². The molecule has 0 fully saturated rings. The Kier molecular flexibility index (Phi) is 6.61. The Hall–Kier alpha value is -2.82. The zero-order valence-corrected chi connectivity index (χ0v) is 16.8. The summed E-state index contributed by atoms with van der Waals surface area (Å²) in [5.74, 6) is 1.64. The SMILES string of the molecule is COC(=O)c1ccc(NC(=O)/C=C(/C)c2cc(C(C)C)c(C(C)C)o2)cc1. The van der Waals surface area contributed by atoms with E-state index in [2.05, 4.69) is 37.7 Å². The van der Waals surface area contributed by atoms with E-state index in [1.54, 1.807) is 24.3 Å². The van der Waals surface area contributed by atoms with Gasteiger partial charge in [-0.05, 0) is 54.3 Å². The van der Waals surface area contributed by atoms with E-state index in [1.165, 1.54) is 18.7 Å². The van der Waals surface area contributed by atoms with Gasteiger partial charge in [-0.3, -0.25) is 4.79 Å². The number of nitrogens with one attached hydrogen (secondary N) is 1. The topological polar surface area (TPSA) is 68.5 Å². The maximum Gasteiger partial charge on any atom is 0.337 e. The summed E-state index contributed by atoms with van der Waals surface area (Å²) in [5.41, 5.74) is 2.96. The van der Waals surface area contributed by atoms with Gasteiger partial charge in [0.2, 0.25) is 5.91 Å². The van der Waals surface area contributed by atoms with E-state index in [1.807, 2.05) is 13.0 Å². The lowest BCUT2D eigenvalue weighted by Gasteiger charge is -2.07. The highest BCUT2D eigenvalue weighted by Crippen LogP contribution is 2.32. The number of esters is 1. The Morgan fingerprint density at radius 2 is 1.70 bits per heavy atom. The third-order valence-electron chi connectivity index (χ3n) is 4.25. The molecule has 0 bridgehead atoms. The molecule has 0 aliphatic heterocycles. The van der Waals surface area contributed by atoms with Gasteiger partial charge in [0.25, 0.3) is 0 Å². The molecule has 0 unspecified atom stereocenters. The van der Waals surface area contributed by atoms with Crippen LogP contribution in [0.2, 0.25) is 0 Å². The van der Waals surface area contributed by atoms with E-state index in [4.69, 9.17) is 4.42 Å². The molecule has 144 valence electrons. The fourth-order valence-corrected chi connectivity index (χ4v) is 2.77. The van der Waals surface area contributed by atoms with Crippen molar-refractivity contribution in [3.05, 3.63) is 59.1 Å². The predicted molar refractivity (Wildman–Crippen MR) is 107 cm³/mol. The molecular weight excluding hydrogens is 342 g/mol. The van der Waals surface area contributed by atoms with Crippen LogP contribution >= 0.6 is 0 Å². The quantitative estimate of drug-likeness (QED) is 0.550. The minimum Gasteiger partial charge on any atom is -0.465 e. The van der Waals surface area contributed by atoms with Crippen LogP contribution in [-0.2, 0) is 9.53 Å². The zero-order valence-electron chi connectivity index (χ0n) is 16.8. The molecule has 0 saturated heterocycles. The molecule has 1 N–H and O–H groups in total. The first-order chi connectivity index (χ1) is 12.7. The largest absolute Gasteiger partial charge is 0.465 e. The van der Waals surface area contributed by atoms with Crippen molar-refractivity contribution in [3.63, 3.8) is 0 Å². The number of benzene rings is 1. The van der Waals surface area contributed by atoms with Crippen molar-refractivity contribution in [1.82, 2.24) is 0 Å². The molecule has 2 aromatic rings. The van der Waals surface area contributed by atoms with Crippen LogP contribution in [0, 0.1) is 0 Å². The van der Waals surface area contributed by atoms with E-state index < -0.39 is 5.97 Å². The average Bonchev–Trinajstić information content (AvgIpc) is 3.07. The number of amides is 1. The Bertz CT molecular complexity index is 816. The fourth-order valence-electron chi connectivity index (χ4n) is 2.77. The third kappa shape index (κ3) is 5.09. The lowest BCUT2D eigenvalue weighted by molar-refractivity contribution is -0.111.